The molecule has 4 atom stereocenters. The third-order valence-electron chi connectivity index (χ3n) is 2.59. The highest BCUT2D eigenvalue weighted by atomic mass is 16.7. The molecular weight excluding hydrogens is 272 g/mol. The van der Waals surface area contributed by atoms with Crippen molar-refractivity contribution in [1.29, 1.82) is 0 Å². The Bertz CT molecular complexity index is 283. The highest BCUT2D eigenvalue weighted by molar-refractivity contribution is 5.66. The van der Waals surface area contributed by atoms with Gasteiger partial charge >= 0.3 is 5.97 Å². The van der Waals surface area contributed by atoms with Crippen molar-refractivity contribution >= 4 is 12.4 Å². The Hall–Kier alpha value is -1.22. The average molecular weight is 294 g/mol. The van der Waals surface area contributed by atoms with Gasteiger partial charge in [-0.3, -0.25) is 9.59 Å². The van der Waals surface area contributed by atoms with Gasteiger partial charge in [-0.05, 0) is 0 Å². The highest BCUT2D eigenvalue weighted by Gasteiger charge is 2.39. The lowest BCUT2D eigenvalue weighted by Gasteiger charge is -2.33. The van der Waals surface area contributed by atoms with Crippen molar-refractivity contribution in [1.82, 2.24) is 0 Å². The van der Waals surface area contributed by atoms with E-state index in [1.165, 1.54) is 35.4 Å². The van der Waals surface area contributed by atoms with Gasteiger partial charge in [0.1, 0.15) is 6.10 Å². The third-order valence-corrected chi connectivity index (χ3v) is 2.59. The van der Waals surface area contributed by atoms with E-state index in [0.717, 1.165) is 0 Å². The first-order chi connectivity index (χ1) is 9.55. The minimum Gasteiger partial charge on any atom is -0.459 e. The van der Waals surface area contributed by atoms with Crippen LogP contribution in [0.4, 0.5) is 0 Å². The SMILES string of the molecule is COC[C@@H](OC)[C@H](OC=O)[C@H](OC)C(OC)OC(C)=O. The fraction of sp³-hybridized carbons (Fsp3) is 0.833. The molecule has 0 aromatic heterocycles. The Balaban J connectivity index is 5.13. The molecule has 20 heavy (non-hydrogen) atoms. The maximum Gasteiger partial charge on any atom is 0.305 e. The zero-order chi connectivity index (χ0) is 15.5. The molecule has 1 unspecified atom stereocenters. The second-order valence-corrected chi connectivity index (χ2v) is 3.84. The van der Waals surface area contributed by atoms with Gasteiger partial charge in [0.25, 0.3) is 6.47 Å². The monoisotopic (exact) mass is 294 g/mol. The average Bonchev–Trinajstić information content (AvgIpc) is 2.43. The van der Waals surface area contributed by atoms with E-state index in [-0.39, 0.29) is 13.1 Å². The number of carbonyl (C=O) groups excluding carboxylic acids is 2. The molecule has 8 heteroatoms. The fourth-order valence-corrected chi connectivity index (χ4v) is 1.72. The van der Waals surface area contributed by atoms with Crippen LogP contribution in [0.2, 0.25) is 0 Å². The van der Waals surface area contributed by atoms with Gasteiger partial charge in [-0.25, -0.2) is 0 Å². The van der Waals surface area contributed by atoms with Crippen LogP contribution in [0.3, 0.4) is 0 Å². The Labute approximate surface area is 118 Å². The smallest absolute Gasteiger partial charge is 0.305 e. The summed E-state index contributed by atoms with van der Waals surface area (Å²) in [5.74, 6) is -0.551. The van der Waals surface area contributed by atoms with E-state index in [9.17, 15) is 9.59 Å². The lowest BCUT2D eigenvalue weighted by molar-refractivity contribution is -0.228. The second kappa shape index (κ2) is 10.6. The fourth-order valence-electron chi connectivity index (χ4n) is 1.72. The van der Waals surface area contributed by atoms with Crippen LogP contribution in [0.1, 0.15) is 6.92 Å². The molecule has 0 N–H and O–H groups in total. The molecule has 0 saturated carbocycles. The lowest BCUT2D eigenvalue weighted by Crippen LogP contribution is -2.51. The molecule has 0 fully saturated rings. The summed E-state index contributed by atoms with van der Waals surface area (Å²) < 4.78 is 30.4. The van der Waals surface area contributed by atoms with E-state index in [1.54, 1.807) is 0 Å². The summed E-state index contributed by atoms with van der Waals surface area (Å²) in [6.45, 7) is 1.65. The maximum absolute atomic E-state index is 11.1. The van der Waals surface area contributed by atoms with E-state index >= 15 is 0 Å². The molecule has 0 amide bonds. The first-order valence-corrected chi connectivity index (χ1v) is 5.89. The van der Waals surface area contributed by atoms with Crippen LogP contribution < -0.4 is 0 Å². The van der Waals surface area contributed by atoms with Crippen molar-refractivity contribution < 1.29 is 38.0 Å². The van der Waals surface area contributed by atoms with Gasteiger partial charge < -0.3 is 28.4 Å². The minimum absolute atomic E-state index is 0.158. The van der Waals surface area contributed by atoms with Crippen LogP contribution >= 0.6 is 0 Å². The molecule has 0 spiro atoms. The molecule has 0 aliphatic carbocycles. The van der Waals surface area contributed by atoms with Gasteiger partial charge in [-0.1, -0.05) is 0 Å². The number of hydrogen-bond donors (Lipinski definition) is 0. The maximum atomic E-state index is 11.1. The van der Waals surface area contributed by atoms with Gasteiger partial charge in [0.2, 0.25) is 6.29 Å². The Kier molecular flexibility index (Phi) is 9.91. The van der Waals surface area contributed by atoms with E-state index in [2.05, 4.69) is 0 Å². The first-order valence-electron chi connectivity index (χ1n) is 5.89. The summed E-state index contributed by atoms with van der Waals surface area (Å²) in [7, 11) is 5.63. The molecule has 0 aromatic rings. The zero-order valence-electron chi connectivity index (χ0n) is 12.4. The lowest BCUT2D eigenvalue weighted by atomic mass is 10.1. The molecule has 8 nitrogen and oxygen atoms in total. The predicted molar refractivity (Wildman–Crippen MR) is 67.0 cm³/mol. The second-order valence-electron chi connectivity index (χ2n) is 3.84. The van der Waals surface area contributed by atoms with Crippen molar-refractivity contribution in [2.75, 3.05) is 35.0 Å². The van der Waals surface area contributed by atoms with E-state index in [4.69, 9.17) is 28.4 Å². The topological polar surface area (TPSA) is 89.5 Å². The number of rotatable bonds is 11. The van der Waals surface area contributed by atoms with Crippen molar-refractivity contribution in [3.8, 4) is 0 Å². The number of carbonyl (C=O) groups is 2. The summed E-state index contributed by atoms with van der Waals surface area (Å²) in [4.78, 5) is 21.7. The van der Waals surface area contributed by atoms with Gasteiger partial charge in [-0.2, -0.15) is 0 Å². The molecule has 0 heterocycles. The van der Waals surface area contributed by atoms with E-state index in [0.29, 0.717) is 0 Å². The highest BCUT2D eigenvalue weighted by Crippen LogP contribution is 2.17. The minimum atomic E-state index is -1.04. The number of esters is 1. The molecule has 0 rings (SSSR count). The Morgan fingerprint density at radius 2 is 1.70 bits per heavy atom. The van der Waals surface area contributed by atoms with Crippen LogP contribution in [0.5, 0.6) is 0 Å². The summed E-state index contributed by atoms with van der Waals surface area (Å²) in [5, 5.41) is 0. The van der Waals surface area contributed by atoms with E-state index < -0.39 is 30.6 Å². The standard InChI is InChI=1S/C12H22O8/c1-8(14)20-12(18-5)11(17-4)10(19-7-13)9(16-3)6-15-2/h7,9-12H,6H2,1-5H3/t9-,10+,11+,12?/m1/s1. The molecule has 0 aliphatic rings. The summed E-state index contributed by atoms with van der Waals surface area (Å²) in [5.41, 5.74) is 0. The Morgan fingerprint density at radius 3 is 2.05 bits per heavy atom. The molecule has 0 bridgehead atoms. The predicted octanol–water partition coefficient (Wildman–Crippen LogP) is -0.260. The first kappa shape index (κ1) is 18.8. The largest absolute Gasteiger partial charge is 0.459 e. The van der Waals surface area contributed by atoms with Gasteiger partial charge in [0.15, 0.2) is 12.2 Å². The van der Waals surface area contributed by atoms with Crippen molar-refractivity contribution in [3.63, 3.8) is 0 Å². The van der Waals surface area contributed by atoms with Crippen LogP contribution in [0.15, 0.2) is 0 Å². The molecule has 0 saturated heterocycles. The molecule has 0 aliphatic heterocycles. The molecule has 118 valence electrons. The van der Waals surface area contributed by atoms with Crippen LogP contribution in [-0.4, -0.2) is 72.1 Å². The summed E-state index contributed by atoms with van der Waals surface area (Å²) in [6.07, 6.45) is -3.39. The van der Waals surface area contributed by atoms with Crippen molar-refractivity contribution in [3.05, 3.63) is 0 Å². The normalized spacial score (nSPS) is 16.9. The van der Waals surface area contributed by atoms with Crippen LogP contribution in [0, 0.1) is 0 Å². The van der Waals surface area contributed by atoms with Crippen molar-refractivity contribution in [2.45, 2.75) is 31.5 Å². The molecule has 0 radical (unpaired) electrons. The van der Waals surface area contributed by atoms with Crippen LogP contribution in [-0.2, 0) is 38.0 Å². The number of hydrogen-bond acceptors (Lipinski definition) is 8. The van der Waals surface area contributed by atoms with Crippen molar-refractivity contribution in [2.24, 2.45) is 0 Å². The van der Waals surface area contributed by atoms with E-state index in [1.807, 2.05) is 0 Å². The van der Waals surface area contributed by atoms with Gasteiger partial charge in [-0.15, -0.1) is 0 Å². The molecular formula is C12H22O8. The number of ether oxygens (including phenoxy) is 6. The van der Waals surface area contributed by atoms with Gasteiger partial charge in [0.05, 0.1) is 6.61 Å². The Morgan fingerprint density at radius 1 is 1.05 bits per heavy atom. The quantitative estimate of drug-likeness (QED) is 0.292. The van der Waals surface area contributed by atoms with Gasteiger partial charge in [0, 0.05) is 35.4 Å². The summed E-state index contributed by atoms with van der Waals surface area (Å²) in [6, 6.07) is 0. The zero-order valence-corrected chi connectivity index (χ0v) is 12.4. The molecule has 0 aromatic carbocycles. The third kappa shape index (κ3) is 5.83. The number of methoxy groups -OCH3 is 4. The van der Waals surface area contributed by atoms with Crippen LogP contribution in [0.25, 0.3) is 0 Å². The summed E-state index contributed by atoms with van der Waals surface area (Å²) >= 11 is 0.